The van der Waals surface area contributed by atoms with Gasteiger partial charge in [-0.1, -0.05) is 48.5 Å². The number of nitrogens with one attached hydrogen (secondary N) is 3. The average molecular weight is 373 g/mol. The van der Waals surface area contributed by atoms with E-state index in [9.17, 15) is 14.7 Å². The topological polar surface area (TPSA) is 94.2 Å². The van der Waals surface area contributed by atoms with Crippen molar-refractivity contribution in [2.45, 2.75) is 12.5 Å². The zero-order valence-corrected chi connectivity index (χ0v) is 15.0. The summed E-state index contributed by atoms with van der Waals surface area (Å²) in [4.78, 5) is 27.2. The van der Waals surface area contributed by atoms with Crippen molar-refractivity contribution in [2.75, 3.05) is 5.32 Å². The van der Waals surface area contributed by atoms with Crippen LogP contribution in [0.1, 0.15) is 5.56 Å². The molecule has 6 nitrogen and oxygen atoms in total. The molecule has 1 heterocycles. The third-order valence-corrected chi connectivity index (χ3v) is 4.71. The number of hydrogen-bond acceptors (Lipinski definition) is 2. The highest BCUT2D eigenvalue weighted by Gasteiger charge is 2.22. The van der Waals surface area contributed by atoms with Gasteiger partial charge in [0.25, 0.3) is 0 Å². The maximum absolute atomic E-state index is 12.4. The van der Waals surface area contributed by atoms with Crippen molar-refractivity contribution in [1.82, 2.24) is 10.3 Å². The monoisotopic (exact) mass is 373 g/mol. The third-order valence-electron chi connectivity index (χ3n) is 4.71. The molecule has 4 N–H and O–H groups in total. The average Bonchev–Trinajstić information content (AvgIpc) is 3.10. The fraction of sp³-hybridized carbons (Fsp3) is 0.0909. The molecule has 0 aliphatic carbocycles. The quantitative estimate of drug-likeness (QED) is 0.423. The summed E-state index contributed by atoms with van der Waals surface area (Å²) in [7, 11) is 0. The fourth-order valence-electron chi connectivity index (χ4n) is 3.31. The van der Waals surface area contributed by atoms with Gasteiger partial charge in [0.05, 0.1) is 0 Å². The number of rotatable bonds is 5. The van der Waals surface area contributed by atoms with Crippen molar-refractivity contribution >= 4 is 39.4 Å². The SMILES string of the molecule is O=C(Nc1ccc2ccccc2c1)N[C@@H](Cc1c[nH]c2ccccc12)C(=O)O. The number of aromatic amines is 1. The van der Waals surface area contributed by atoms with E-state index in [1.165, 1.54) is 0 Å². The number of benzene rings is 3. The van der Waals surface area contributed by atoms with Gasteiger partial charge in [-0.15, -0.1) is 0 Å². The van der Waals surface area contributed by atoms with Crippen LogP contribution >= 0.6 is 0 Å². The number of carboxylic acid groups (broad SMARTS) is 1. The Morgan fingerprint density at radius 1 is 0.964 bits per heavy atom. The van der Waals surface area contributed by atoms with Crippen LogP contribution in [-0.2, 0) is 11.2 Å². The Bertz CT molecular complexity index is 1170. The minimum Gasteiger partial charge on any atom is -0.480 e. The highest BCUT2D eigenvalue weighted by Crippen LogP contribution is 2.20. The molecule has 0 unspecified atom stereocenters. The van der Waals surface area contributed by atoms with E-state index in [0.29, 0.717) is 5.69 Å². The molecule has 140 valence electrons. The smallest absolute Gasteiger partial charge is 0.326 e. The summed E-state index contributed by atoms with van der Waals surface area (Å²) in [6.07, 6.45) is 1.97. The van der Waals surface area contributed by atoms with Crippen LogP contribution in [0.3, 0.4) is 0 Å². The Labute approximate surface area is 161 Å². The summed E-state index contributed by atoms with van der Waals surface area (Å²) in [5.41, 5.74) is 2.38. The van der Waals surface area contributed by atoms with Crippen molar-refractivity contribution in [2.24, 2.45) is 0 Å². The van der Waals surface area contributed by atoms with Gasteiger partial charge in [-0.3, -0.25) is 0 Å². The molecule has 4 rings (SSSR count). The molecule has 3 aromatic carbocycles. The second kappa shape index (κ2) is 7.44. The third kappa shape index (κ3) is 3.66. The van der Waals surface area contributed by atoms with Crippen LogP contribution in [-0.4, -0.2) is 28.1 Å². The van der Waals surface area contributed by atoms with Gasteiger partial charge in [-0.2, -0.15) is 0 Å². The van der Waals surface area contributed by atoms with Gasteiger partial charge in [-0.05, 0) is 34.5 Å². The van der Waals surface area contributed by atoms with E-state index in [-0.39, 0.29) is 6.42 Å². The van der Waals surface area contributed by atoms with Crippen LogP contribution in [0.4, 0.5) is 10.5 Å². The van der Waals surface area contributed by atoms with Gasteiger partial charge in [0.2, 0.25) is 0 Å². The molecule has 0 saturated heterocycles. The first kappa shape index (κ1) is 17.6. The van der Waals surface area contributed by atoms with Gasteiger partial charge in [0, 0.05) is 29.2 Å². The molecule has 0 spiro atoms. The van der Waals surface area contributed by atoms with Crippen molar-refractivity contribution in [3.63, 3.8) is 0 Å². The van der Waals surface area contributed by atoms with Gasteiger partial charge >= 0.3 is 12.0 Å². The number of aliphatic carboxylic acids is 1. The maximum atomic E-state index is 12.4. The van der Waals surface area contributed by atoms with Crippen LogP contribution < -0.4 is 10.6 Å². The molecule has 28 heavy (non-hydrogen) atoms. The summed E-state index contributed by atoms with van der Waals surface area (Å²) in [6, 6.07) is 19.4. The summed E-state index contributed by atoms with van der Waals surface area (Å²) < 4.78 is 0. The molecule has 6 heteroatoms. The highest BCUT2D eigenvalue weighted by atomic mass is 16.4. The minimum absolute atomic E-state index is 0.185. The van der Waals surface area contributed by atoms with E-state index in [4.69, 9.17) is 0 Å². The first-order valence-electron chi connectivity index (χ1n) is 8.94. The van der Waals surface area contributed by atoms with Crippen LogP contribution in [0.5, 0.6) is 0 Å². The molecule has 0 fully saturated rings. The summed E-state index contributed by atoms with van der Waals surface area (Å²) in [5, 5.41) is 17.8. The van der Waals surface area contributed by atoms with E-state index < -0.39 is 18.0 Å². The molecule has 0 radical (unpaired) electrons. The summed E-state index contributed by atoms with van der Waals surface area (Å²) in [5.74, 6) is -1.08. The number of aromatic nitrogens is 1. The number of para-hydroxylation sites is 1. The van der Waals surface area contributed by atoms with Gasteiger partial charge in [0.1, 0.15) is 6.04 Å². The molecule has 4 aromatic rings. The van der Waals surface area contributed by atoms with E-state index in [2.05, 4.69) is 15.6 Å². The normalized spacial score (nSPS) is 12.0. The number of urea groups is 1. The van der Waals surface area contributed by atoms with Crippen LogP contribution in [0.15, 0.2) is 72.9 Å². The Morgan fingerprint density at radius 3 is 2.54 bits per heavy atom. The van der Waals surface area contributed by atoms with E-state index >= 15 is 0 Å². The Kier molecular flexibility index (Phi) is 4.68. The standard InChI is InChI=1S/C22H19N3O3/c26-21(27)20(12-16-13-23-19-8-4-3-7-18(16)19)25-22(28)24-17-10-9-14-5-1-2-6-15(14)11-17/h1-11,13,20,23H,12H2,(H,26,27)(H2,24,25,28)/t20-/m0/s1. The van der Waals surface area contributed by atoms with E-state index in [0.717, 1.165) is 27.2 Å². The lowest BCUT2D eigenvalue weighted by Gasteiger charge is -2.15. The molecule has 0 aliphatic heterocycles. The van der Waals surface area contributed by atoms with Gasteiger partial charge in [0.15, 0.2) is 0 Å². The van der Waals surface area contributed by atoms with E-state index in [1.807, 2.05) is 60.7 Å². The molecule has 0 aliphatic rings. The van der Waals surface area contributed by atoms with Crippen molar-refractivity contribution in [1.29, 1.82) is 0 Å². The fourth-order valence-corrected chi connectivity index (χ4v) is 3.31. The van der Waals surface area contributed by atoms with E-state index in [1.54, 1.807) is 12.3 Å². The molecule has 2 amide bonds. The summed E-state index contributed by atoms with van der Waals surface area (Å²) in [6.45, 7) is 0. The first-order chi connectivity index (χ1) is 13.6. The first-order valence-corrected chi connectivity index (χ1v) is 8.94. The molecular weight excluding hydrogens is 354 g/mol. The number of fused-ring (bicyclic) bond motifs is 2. The lowest BCUT2D eigenvalue weighted by molar-refractivity contribution is -0.139. The number of hydrogen-bond donors (Lipinski definition) is 4. The molecule has 1 atom stereocenters. The van der Waals surface area contributed by atoms with Crippen molar-refractivity contribution in [3.05, 3.63) is 78.5 Å². The predicted octanol–water partition coefficient (Wildman–Crippen LogP) is 4.14. The molecule has 0 saturated carbocycles. The van der Waals surface area contributed by atoms with Crippen LogP contribution in [0, 0.1) is 0 Å². The predicted molar refractivity (Wildman–Crippen MR) is 110 cm³/mol. The number of amides is 2. The minimum atomic E-state index is -1.08. The van der Waals surface area contributed by atoms with Crippen molar-refractivity contribution in [3.8, 4) is 0 Å². The number of H-pyrrole nitrogens is 1. The number of carbonyl (C=O) groups excluding carboxylic acids is 1. The Hall–Kier alpha value is -3.80. The zero-order chi connectivity index (χ0) is 19.5. The lowest BCUT2D eigenvalue weighted by atomic mass is 10.1. The zero-order valence-electron chi connectivity index (χ0n) is 15.0. The molecule has 0 bridgehead atoms. The van der Waals surface area contributed by atoms with Gasteiger partial charge < -0.3 is 20.7 Å². The largest absolute Gasteiger partial charge is 0.480 e. The second-order valence-electron chi connectivity index (χ2n) is 6.61. The number of carboxylic acids is 1. The summed E-state index contributed by atoms with van der Waals surface area (Å²) >= 11 is 0. The maximum Gasteiger partial charge on any atom is 0.326 e. The Balaban J connectivity index is 1.47. The molecular formula is C22H19N3O3. The molecule has 1 aromatic heterocycles. The van der Waals surface area contributed by atoms with Gasteiger partial charge in [-0.25, -0.2) is 9.59 Å². The number of carbonyl (C=O) groups is 2. The van der Waals surface area contributed by atoms with Crippen molar-refractivity contribution < 1.29 is 14.7 Å². The highest BCUT2D eigenvalue weighted by molar-refractivity contribution is 5.95. The number of anilines is 1. The second-order valence-corrected chi connectivity index (χ2v) is 6.61. The van der Waals surface area contributed by atoms with Crippen LogP contribution in [0.2, 0.25) is 0 Å². The Morgan fingerprint density at radius 2 is 1.71 bits per heavy atom. The van der Waals surface area contributed by atoms with Crippen LogP contribution in [0.25, 0.3) is 21.7 Å². The lowest BCUT2D eigenvalue weighted by Crippen LogP contribution is -2.44.